The highest BCUT2D eigenvalue weighted by Gasteiger charge is 2.52. The second-order valence-corrected chi connectivity index (χ2v) is 5.63. The zero-order valence-corrected chi connectivity index (χ0v) is 11.4. The van der Waals surface area contributed by atoms with Crippen molar-refractivity contribution in [3.05, 3.63) is 29.6 Å². The first kappa shape index (κ1) is 14.0. The maximum absolute atomic E-state index is 13.9. The predicted molar refractivity (Wildman–Crippen MR) is 69.1 cm³/mol. The molecule has 1 aliphatic heterocycles. The van der Waals surface area contributed by atoms with E-state index in [0.717, 1.165) is 6.07 Å². The molecule has 1 fully saturated rings. The first-order valence-corrected chi connectivity index (χ1v) is 6.02. The Morgan fingerprint density at radius 3 is 2.16 bits per heavy atom. The van der Waals surface area contributed by atoms with E-state index in [1.54, 1.807) is 0 Å². The molecule has 0 atom stereocenters. The van der Waals surface area contributed by atoms with Gasteiger partial charge in [0.2, 0.25) is 0 Å². The summed E-state index contributed by atoms with van der Waals surface area (Å²) in [7, 11) is -0.826. The second-order valence-electron chi connectivity index (χ2n) is 5.63. The molecule has 1 aromatic rings. The molecule has 0 bridgehead atoms. The van der Waals surface area contributed by atoms with Crippen LogP contribution < -0.4 is 5.46 Å². The Morgan fingerprint density at radius 1 is 1.21 bits per heavy atom. The summed E-state index contributed by atoms with van der Waals surface area (Å²) in [5.41, 5.74) is -1.01. The van der Waals surface area contributed by atoms with Crippen molar-refractivity contribution in [1.29, 1.82) is 0 Å². The first-order chi connectivity index (χ1) is 8.64. The molecule has 0 saturated carbocycles. The normalized spacial score (nSPS) is 20.6. The third-order valence-electron chi connectivity index (χ3n) is 3.75. The molecule has 0 aromatic heterocycles. The summed E-state index contributed by atoms with van der Waals surface area (Å²) in [6.45, 7) is 7.49. The van der Waals surface area contributed by atoms with Crippen molar-refractivity contribution >= 4 is 18.6 Å². The average molecular weight is 266 g/mol. The van der Waals surface area contributed by atoms with Crippen molar-refractivity contribution in [3.8, 4) is 0 Å². The largest absolute Gasteiger partial charge is 0.497 e. The van der Waals surface area contributed by atoms with E-state index in [9.17, 15) is 9.18 Å². The zero-order chi connectivity index (χ0) is 14.4. The summed E-state index contributed by atoms with van der Waals surface area (Å²) in [4.78, 5) is 10.8. The Hall–Kier alpha value is -1.40. The lowest BCUT2D eigenvalue weighted by Crippen LogP contribution is -2.41. The van der Waals surface area contributed by atoms with Crippen LogP contribution in [0.15, 0.2) is 18.2 Å². The van der Waals surface area contributed by atoms with E-state index in [2.05, 4.69) is 0 Å². The fourth-order valence-electron chi connectivity index (χ4n) is 1.82. The van der Waals surface area contributed by atoms with Crippen LogP contribution in [0.4, 0.5) is 4.39 Å². The number of benzene rings is 1. The molecule has 6 heteroatoms. The highest BCUT2D eigenvalue weighted by molar-refractivity contribution is 6.62. The van der Waals surface area contributed by atoms with E-state index in [1.165, 1.54) is 12.1 Å². The predicted octanol–water partition coefficient (Wildman–Crippen LogP) is 1.82. The molecule has 2 rings (SSSR count). The first-order valence-electron chi connectivity index (χ1n) is 6.02. The molecule has 1 N–H and O–H groups in total. The van der Waals surface area contributed by atoms with Crippen LogP contribution in [0.1, 0.15) is 38.1 Å². The van der Waals surface area contributed by atoms with E-state index in [4.69, 9.17) is 14.4 Å². The lowest BCUT2D eigenvalue weighted by Gasteiger charge is -2.32. The molecule has 19 heavy (non-hydrogen) atoms. The number of hydrogen-bond acceptors (Lipinski definition) is 3. The Labute approximate surface area is 111 Å². The van der Waals surface area contributed by atoms with Gasteiger partial charge in [-0.05, 0) is 39.8 Å². The fourth-order valence-corrected chi connectivity index (χ4v) is 1.82. The van der Waals surface area contributed by atoms with Crippen LogP contribution in [0.3, 0.4) is 0 Å². The van der Waals surface area contributed by atoms with Gasteiger partial charge in [0.25, 0.3) is 0 Å². The molecule has 0 radical (unpaired) electrons. The molecule has 1 heterocycles. The van der Waals surface area contributed by atoms with Gasteiger partial charge < -0.3 is 14.4 Å². The van der Waals surface area contributed by atoms with E-state index < -0.39 is 30.1 Å². The van der Waals surface area contributed by atoms with Crippen molar-refractivity contribution in [3.63, 3.8) is 0 Å². The maximum atomic E-state index is 13.9. The maximum Gasteiger partial charge on any atom is 0.497 e. The summed E-state index contributed by atoms with van der Waals surface area (Å²) in [6.07, 6.45) is 0. The van der Waals surface area contributed by atoms with Crippen LogP contribution in [0.2, 0.25) is 0 Å². The minimum atomic E-state index is -1.17. The molecule has 4 nitrogen and oxygen atoms in total. The third kappa shape index (κ3) is 2.38. The number of carboxylic acid groups (broad SMARTS) is 1. The molecule has 1 aromatic carbocycles. The Kier molecular flexibility index (Phi) is 3.19. The van der Waals surface area contributed by atoms with Gasteiger partial charge in [-0.25, -0.2) is 9.18 Å². The number of halogens is 1. The lowest BCUT2D eigenvalue weighted by molar-refractivity contribution is 0.00578. The number of carbonyl (C=O) groups is 1. The van der Waals surface area contributed by atoms with Gasteiger partial charge in [-0.1, -0.05) is 6.07 Å². The fraction of sp³-hybridized carbons (Fsp3) is 0.462. The van der Waals surface area contributed by atoms with Gasteiger partial charge in [0, 0.05) is 5.46 Å². The molecule has 0 unspecified atom stereocenters. The van der Waals surface area contributed by atoms with E-state index in [1.807, 2.05) is 27.7 Å². The van der Waals surface area contributed by atoms with Gasteiger partial charge >= 0.3 is 13.1 Å². The van der Waals surface area contributed by atoms with Gasteiger partial charge in [-0.15, -0.1) is 0 Å². The van der Waals surface area contributed by atoms with E-state index in [0.29, 0.717) is 0 Å². The topological polar surface area (TPSA) is 55.8 Å². The van der Waals surface area contributed by atoms with Gasteiger partial charge in [-0.2, -0.15) is 0 Å². The van der Waals surface area contributed by atoms with Crippen molar-refractivity contribution in [1.82, 2.24) is 0 Å². The van der Waals surface area contributed by atoms with Gasteiger partial charge in [0.1, 0.15) is 5.82 Å². The van der Waals surface area contributed by atoms with Crippen molar-refractivity contribution in [2.75, 3.05) is 0 Å². The smallest absolute Gasteiger partial charge is 0.478 e. The highest BCUT2D eigenvalue weighted by Crippen LogP contribution is 2.36. The van der Waals surface area contributed by atoms with Crippen LogP contribution in [0.25, 0.3) is 0 Å². The molecule has 102 valence electrons. The minimum absolute atomic E-state index is 0.0993. The third-order valence-corrected chi connectivity index (χ3v) is 3.75. The zero-order valence-electron chi connectivity index (χ0n) is 11.4. The van der Waals surface area contributed by atoms with Crippen LogP contribution in [0.5, 0.6) is 0 Å². The Balaban J connectivity index is 2.33. The molecule has 0 aliphatic carbocycles. The molecule has 1 aliphatic rings. The Morgan fingerprint density at radius 2 is 1.74 bits per heavy atom. The molecule has 1 saturated heterocycles. The minimum Gasteiger partial charge on any atom is -0.478 e. The Bertz CT molecular complexity index is 511. The highest BCUT2D eigenvalue weighted by atomic mass is 19.1. The number of aromatic carboxylic acids is 1. The molecular weight excluding hydrogens is 250 g/mol. The van der Waals surface area contributed by atoms with Gasteiger partial charge in [0.05, 0.1) is 16.8 Å². The van der Waals surface area contributed by atoms with Crippen LogP contribution in [-0.2, 0) is 9.31 Å². The summed E-state index contributed by atoms with van der Waals surface area (Å²) >= 11 is 0. The van der Waals surface area contributed by atoms with Gasteiger partial charge in [0.15, 0.2) is 0 Å². The number of rotatable bonds is 2. The van der Waals surface area contributed by atoms with Gasteiger partial charge in [-0.3, -0.25) is 0 Å². The lowest BCUT2D eigenvalue weighted by atomic mass is 9.78. The van der Waals surface area contributed by atoms with Crippen LogP contribution in [-0.4, -0.2) is 29.4 Å². The summed E-state index contributed by atoms with van der Waals surface area (Å²) < 4.78 is 25.4. The number of hydrogen-bond donors (Lipinski definition) is 1. The van der Waals surface area contributed by atoms with E-state index >= 15 is 0 Å². The number of carboxylic acids is 1. The van der Waals surface area contributed by atoms with Crippen molar-refractivity contribution < 1.29 is 23.6 Å². The van der Waals surface area contributed by atoms with Crippen molar-refractivity contribution in [2.24, 2.45) is 0 Å². The second kappa shape index (κ2) is 4.32. The quantitative estimate of drug-likeness (QED) is 0.829. The van der Waals surface area contributed by atoms with Crippen molar-refractivity contribution in [2.45, 2.75) is 38.9 Å². The van der Waals surface area contributed by atoms with E-state index in [-0.39, 0.29) is 11.0 Å². The standard InChI is InChI=1S/C13H16BFO4/c1-12(2)13(3,4)19-14(18-12)9-6-5-8(11(16)17)7-10(9)15/h5-7H,1-4H3,(H,16,17). The van der Waals surface area contributed by atoms with Crippen LogP contribution in [0, 0.1) is 5.82 Å². The van der Waals surface area contributed by atoms with Crippen LogP contribution >= 0.6 is 0 Å². The monoisotopic (exact) mass is 266 g/mol. The molecule has 0 amide bonds. The summed E-state index contributed by atoms with van der Waals surface area (Å²) in [5, 5.41) is 8.80. The SMILES string of the molecule is CC1(C)OB(c2ccc(C(=O)O)cc2F)OC1(C)C. The molecule has 0 spiro atoms. The molecular formula is C13H16BFO4. The summed E-state index contributed by atoms with van der Waals surface area (Å²) in [5.74, 6) is -1.81. The average Bonchev–Trinajstić information content (AvgIpc) is 2.47. The summed E-state index contributed by atoms with van der Waals surface area (Å²) in [6, 6.07) is 3.70.